The quantitative estimate of drug-likeness (QED) is 0.487. The van der Waals surface area contributed by atoms with Gasteiger partial charge in [0.2, 0.25) is 5.91 Å². The van der Waals surface area contributed by atoms with Crippen molar-refractivity contribution in [2.75, 3.05) is 6.61 Å². The first-order valence-electron chi connectivity index (χ1n) is 12.4. The van der Waals surface area contributed by atoms with Crippen LogP contribution in [0, 0.1) is 0 Å². The van der Waals surface area contributed by atoms with E-state index in [1.54, 1.807) is 20.9 Å². The SMILES string of the molecule is CCCOc1ccc(CN2C(=O)c3cc(-c4cccs4)nn3C[C@@]2(C)C(=O)NC2CCCC2)cc1. The smallest absolute Gasteiger partial charge is 0.273 e. The molecule has 2 aromatic heterocycles. The average molecular weight is 493 g/mol. The number of ether oxygens (including phenoxy) is 1. The molecule has 0 unspecified atom stereocenters. The highest BCUT2D eigenvalue weighted by atomic mass is 32.1. The van der Waals surface area contributed by atoms with Crippen LogP contribution in [0.5, 0.6) is 5.75 Å². The second-order valence-electron chi connectivity index (χ2n) is 9.66. The zero-order valence-corrected chi connectivity index (χ0v) is 21.1. The second-order valence-corrected chi connectivity index (χ2v) is 10.6. The summed E-state index contributed by atoms with van der Waals surface area (Å²) in [4.78, 5) is 30.2. The molecule has 1 fully saturated rings. The Hall–Kier alpha value is -3.13. The first kappa shape index (κ1) is 23.6. The third kappa shape index (κ3) is 4.72. The lowest BCUT2D eigenvalue weighted by molar-refractivity contribution is -0.134. The van der Waals surface area contributed by atoms with Gasteiger partial charge < -0.3 is 15.0 Å². The average Bonchev–Trinajstić information content (AvgIpc) is 3.63. The van der Waals surface area contributed by atoms with E-state index in [0.717, 1.165) is 54.0 Å². The van der Waals surface area contributed by atoms with E-state index in [1.165, 1.54) is 0 Å². The maximum absolute atomic E-state index is 13.8. The topological polar surface area (TPSA) is 76.5 Å². The number of aromatic nitrogens is 2. The molecule has 1 aliphatic heterocycles. The summed E-state index contributed by atoms with van der Waals surface area (Å²) in [6.45, 7) is 5.25. The highest BCUT2D eigenvalue weighted by molar-refractivity contribution is 7.13. The lowest BCUT2D eigenvalue weighted by atomic mass is 9.93. The van der Waals surface area contributed by atoms with Crippen LogP contribution in [-0.4, -0.2) is 44.7 Å². The van der Waals surface area contributed by atoms with Gasteiger partial charge in [0.15, 0.2) is 0 Å². The predicted molar refractivity (Wildman–Crippen MR) is 136 cm³/mol. The molecule has 1 aromatic carbocycles. The molecule has 0 radical (unpaired) electrons. The lowest BCUT2D eigenvalue weighted by Gasteiger charge is -2.43. The Morgan fingerprint density at radius 1 is 1.23 bits per heavy atom. The maximum Gasteiger partial charge on any atom is 0.273 e. The Kier molecular flexibility index (Phi) is 6.65. The van der Waals surface area contributed by atoms with Gasteiger partial charge in [-0.15, -0.1) is 11.3 Å². The maximum atomic E-state index is 13.8. The molecule has 1 saturated carbocycles. The van der Waals surface area contributed by atoms with E-state index < -0.39 is 5.54 Å². The zero-order chi connectivity index (χ0) is 24.4. The molecule has 1 N–H and O–H groups in total. The van der Waals surface area contributed by atoms with Crippen LogP contribution in [0.15, 0.2) is 47.8 Å². The molecule has 0 bridgehead atoms. The van der Waals surface area contributed by atoms with Crippen molar-refractivity contribution < 1.29 is 14.3 Å². The number of rotatable bonds is 8. The summed E-state index contributed by atoms with van der Waals surface area (Å²) in [5.41, 5.74) is 1.18. The molecule has 7 nitrogen and oxygen atoms in total. The minimum Gasteiger partial charge on any atom is -0.494 e. The van der Waals surface area contributed by atoms with Gasteiger partial charge >= 0.3 is 0 Å². The molecule has 184 valence electrons. The summed E-state index contributed by atoms with van der Waals surface area (Å²) in [5, 5.41) is 9.94. The highest BCUT2D eigenvalue weighted by Gasteiger charge is 2.48. The summed E-state index contributed by atoms with van der Waals surface area (Å²) in [6, 6.07) is 13.8. The van der Waals surface area contributed by atoms with Crippen molar-refractivity contribution in [1.82, 2.24) is 20.0 Å². The van der Waals surface area contributed by atoms with Crippen LogP contribution < -0.4 is 10.1 Å². The first-order chi connectivity index (χ1) is 17.0. The lowest BCUT2D eigenvalue weighted by Crippen LogP contribution is -2.64. The molecule has 3 aromatic rings. The summed E-state index contributed by atoms with van der Waals surface area (Å²) in [6.07, 6.45) is 5.18. The van der Waals surface area contributed by atoms with E-state index in [-0.39, 0.29) is 17.9 Å². The Morgan fingerprint density at radius 2 is 2.00 bits per heavy atom. The van der Waals surface area contributed by atoms with E-state index in [2.05, 4.69) is 12.2 Å². The van der Waals surface area contributed by atoms with Crippen molar-refractivity contribution in [1.29, 1.82) is 0 Å². The third-order valence-corrected chi connectivity index (χ3v) is 7.88. The van der Waals surface area contributed by atoms with E-state index in [0.29, 0.717) is 25.4 Å². The first-order valence-corrected chi connectivity index (χ1v) is 13.3. The zero-order valence-electron chi connectivity index (χ0n) is 20.3. The van der Waals surface area contributed by atoms with E-state index in [9.17, 15) is 9.59 Å². The summed E-state index contributed by atoms with van der Waals surface area (Å²) in [5.74, 6) is 0.516. The van der Waals surface area contributed by atoms with Gasteiger partial charge in [-0.2, -0.15) is 5.10 Å². The monoisotopic (exact) mass is 492 g/mol. The standard InChI is InChI=1S/C27H32N4O3S/c1-3-14-34-21-12-10-19(11-13-21)17-30-25(32)23-16-22(24-9-6-15-35-24)29-31(23)18-27(30,2)26(33)28-20-7-4-5-8-20/h6,9-13,15-16,20H,3-5,7-8,14,17-18H2,1-2H3,(H,28,33)/t27-/m0/s1. The summed E-state index contributed by atoms with van der Waals surface area (Å²) >= 11 is 1.59. The molecule has 0 spiro atoms. The van der Waals surface area contributed by atoms with Gasteiger partial charge in [-0.3, -0.25) is 14.3 Å². The number of benzene rings is 1. The Balaban J connectivity index is 1.46. The van der Waals surface area contributed by atoms with E-state index in [1.807, 2.05) is 54.8 Å². The minimum atomic E-state index is -1.05. The number of nitrogens with zero attached hydrogens (tertiary/aromatic N) is 3. The largest absolute Gasteiger partial charge is 0.494 e. The molecular formula is C27H32N4O3S. The highest BCUT2D eigenvalue weighted by Crippen LogP contribution is 2.33. The van der Waals surface area contributed by atoms with Crippen LogP contribution in [0.4, 0.5) is 0 Å². The van der Waals surface area contributed by atoms with Gasteiger partial charge in [-0.05, 0) is 61.4 Å². The molecule has 2 aliphatic rings. The molecule has 3 heterocycles. The van der Waals surface area contributed by atoms with Crippen molar-refractivity contribution >= 4 is 23.2 Å². The molecule has 2 amide bonds. The van der Waals surface area contributed by atoms with Crippen LogP contribution in [0.1, 0.15) is 62.0 Å². The fourth-order valence-electron chi connectivity index (χ4n) is 4.94. The van der Waals surface area contributed by atoms with Crippen molar-refractivity contribution in [2.24, 2.45) is 0 Å². The van der Waals surface area contributed by atoms with E-state index in [4.69, 9.17) is 9.84 Å². The summed E-state index contributed by atoms with van der Waals surface area (Å²) in [7, 11) is 0. The molecule has 35 heavy (non-hydrogen) atoms. The van der Waals surface area contributed by atoms with Crippen molar-refractivity contribution in [3.63, 3.8) is 0 Å². The number of carbonyl (C=O) groups is 2. The van der Waals surface area contributed by atoms with Crippen LogP contribution in [0.3, 0.4) is 0 Å². The minimum absolute atomic E-state index is 0.112. The van der Waals surface area contributed by atoms with Gasteiger partial charge in [0, 0.05) is 12.6 Å². The number of carbonyl (C=O) groups excluding carboxylic acids is 2. The number of hydrogen-bond donors (Lipinski definition) is 1. The molecule has 5 rings (SSSR count). The van der Waals surface area contributed by atoms with Crippen LogP contribution in [-0.2, 0) is 17.9 Å². The van der Waals surface area contributed by atoms with Crippen molar-refractivity contribution in [3.8, 4) is 16.3 Å². The van der Waals surface area contributed by atoms with Crippen LogP contribution >= 0.6 is 11.3 Å². The molecular weight excluding hydrogens is 460 g/mol. The normalized spacial score (nSPS) is 20.2. The number of hydrogen-bond acceptors (Lipinski definition) is 5. The third-order valence-electron chi connectivity index (χ3n) is 6.99. The predicted octanol–water partition coefficient (Wildman–Crippen LogP) is 4.87. The van der Waals surface area contributed by atoms with Gasteiger partial charge in [-0.1, -0.05) is 38.0 Å². The molecule has 0 saturated heterocycles. The number of nitrogens with one attached hydrogen (secondary N) is 1. The number of amides is 2. The second kappa shape index (κ2) is 9.85. The Morgan fingerprint density at radius 3 is 2.69 bits per heavy atom. The molecule has 1 atom stereocenters. The Labute approximate surface area is 210 Å². The number of fused-ring (bicyclic) bond motifs is 1. The van der Waals surface area contributed by atoms with Crippen LogP contribution in [0.2, 0.25) is 0 Å². The van der Waals surface area contributed by atoms with Gasteiger partial charge in [0.05, 0.1) is 18.0 Å². The van der Waals surface area contributed by atoms with Crippen molar-refractivity contribution in [2.45, 2.75) is 70.6 Å². The van der Waals surface area contributed by atoms with Gasteiger partial charge in [0.25, 0.3) is 5.91 Å². The van der Waals surface area contributed by atoms with Crippen LogP contribution in [0.25, 0.3) is 10.6 Å². The van der Waals surface area contributed by atoms with Crippen molar-refractivity contribution in [3.05, 3.63) is 59.1 Å². The van der Waals surface area contributed by atoms with Gasteiger partial charge in [0.1, 0.15) is 22.7 Å². The Bertz CT molecular complexity index is 1180. The van der Waals surface area contributed by atoms with Gasteiger partial charge in [-0.25, -0.2) is 0 Å². The van der Waals surface area contributed by atoms with E-state index >= 15 is 0 Å². The number of thiophene rings is 1. The summed E-state index contributed by atoms with van der Waals surface area (Å²) < 4.78 is 7.42. The molecule has 1 aliphatic carbocycles. The molecule has 8 heteroatoms. The fourth-order valence-corrected chi connectivity index (χ4v) is 5.62. The fraction of sp³-hybridized carbons (Fsp3) is 0.444.